The number of sulfone groups is 1. The second-order valence-corrected chi connectivity index (χ2v) is 8.53. The average molecular weight is 314 g/mol. The van der Waals surface area contributed by atoms with Gasteiger partial charge in [0, 0.05) is 37.9 Å². The zero-order valence-electron chi connectivity index (χ0n) is 13.8. The maximum atomic E-state index is 11.3. The van der Waals surface area contributed by atoms with Gasteiger partial charge in [-0.1, -0.05) is 20.8 Å². The van der Waals surface area contributed by atoms with Gasteiger partial charge in [0.25, 0.3) is 0 Å². The number of rotatable bonds is 6. The molecule has 0 spiro atoms. The molecule has 0 aliphatic heterocycles. The highest BCUT2D eigenvalue weighted by Crippen LogP contribution is 2.23. The lowest BCUT2D eigenvalue weighted by Crippen LogP contribution is -2.27. The number of nitrogens with one attached hydrogen (secondary N) is 1. The second-order valence-electron chi connectivity index (χ2n) is 6.27. The summed E-state index contributed by atoms with van der Waals surface area (Å²) in [5, 5.41) is 3.19. The third-order valence-electron chi connectivity index (χ3n) is 2.93. The second kappa shape index (κ2) is 6.60. The Morgan fingerprint density at radius 1 is 1.29 bits per heavy atom. The first-order valence-corrected chi connectivity index (χ1v) is 9.11. The van der Waals surface area contributed by atoms with Crippen LogP contribution in [0.15, 0.2) is 6.07 Å². The zero-order chi connectivity index (χ0) is 16.3. The minimum atomic E-state index is -2.99. The molecule has 1 N–H and O–H groups in total. The van der Waals surface area contributed by atoms with Crippen LogP contribution in [0.3, 0.4) is 0 Å². The number of hydrogen-bond donors (Lipinski definition) is 1. The summed E-state index contributed by atoms with van der Waals surface area (Å²) in [6.45, 7) is 9.35. The van der Waals surface area contributed by atoms with E-state index in [1.54, 1.807) is 0 Å². The van der Waals surface area contributed by atoms with E-state index in [4.69, 9.17) is 0 Å². The smallest absolute Gasteiger partial charge is 0.149 e. The lowest BCUT2D eigenvalue weighted by atomic mass is 9.96. The van der Waals surface area contributed by atoms with E-state index in [0.29, 0.717) is 6.54 Å². The first kappa shape index (κ1) is 17.7. The van der Waals surface area contributed by atoms with Crippen molar-refractivity contribution in [3.05, 3.63) is 11.9 Å². The molecule has 0 fully saturated rings. The summed E-state index contributed by atoms with van der Waals surface area (Å²) in [6, 6.07) is 1.85. The van der Waals surface area contributed by atoms with E-state index in [9.17, 15) is 8.42 Å². The Morgan fingerprint density at radius 2 is 1.90 bits per heavy atom. The molecule has 0 unspecified atom stereocenters. The van der Waals surface area contributed by atoms with Crippen molar-refractivity contribution < 1.29 is 8.42 Å². The van der Waals surface area contributed by atoms with Crippen LogP contribution in [0.4, 0.5) is 11.6 Å². The summed E-state index contributed by atoms with van der Waals surface area (Å²) in [7, 11) is -1.14. The molecule has 7 heteroatoms. The minimum Gasteiger partial charge on any atom is -0.370 e. The van der Waals surface area contributed by atoms with E-state index in [1.807, 2.05) is 24.9 Å². The van der Waals surface area contributed by atoms with Crippen LogP contribution in [-0.2, 0) is 15.3 Å². The molecule has 0 radical (unpaired) electrons. The highest BCUT2D eigenvalue weighted by atomic mass is 32.2. The van der Waals surface area contributed by atoms with Crippen molar-refractivity contribution in [2.75, 3.05) is 42.4 Å². The molecule has 0 saturated heterocycles. The largest absolute Gasteiger partial charge is 0.370 e. The van der Waals surface area contributed by atoms with E-state index >= 15 is 0 Å². The predicted octanol–water partition coefficient (Wildman–Crippen LogP) is 1.69. The molecular weight excluding hydrogens is 288 g/mol. The van der Waals surface area contributed by atoms with Gasteiger partial charge < -0.3 is 10.2 Å². The Hall–Kier alpha value is -1.37. The van der Waals surface area contributed by atoms with E-state index in [0.717, 1.165) is 24.0 Å². The molecule has 21 heavy (non-hydrogen) atoms. The number of hydrogen-bond acceptors (Lipinski definition) is 6. The molecule has 0 saturated carbocycles. The van der Waals surface area contributed by atoms with Gasteiger partial charge in [0.05, 0.1) is 5.75 Å². The van der Waals surface area contributed by atoms with Gasteiger partial charge in [-0.3, -0.25) is 0 Å². The van der Waals surface area contributed by atoms with Crippen LogP contribution in [0.5, 0.6) is 0 Å². The van der Waals surface area contributed by atoms with Gasteiger partial charge in [0.2, 0.25) is 0 Å². The molecule has 1 aromatic heterocycles. The van der Waals surface area contributed by atoms with Crippen LogP contribution in [0, 0.1) is 0 Å². The number of anilines is 2. The normalized spacial score (nSPS) is 12.3. The molecule has 0 amide bonds. The first-order chi connectivity index (χ1) is 9.53. The van der Waals surface area contributed by atoms with Crippen molar-refractivity contribution in [3.63, 3.8) is 0 Å². The molecule has 0 aromatic carbocycles. The van der Waals surface area contributed by atoms with Crippen molar-refractivity contribution in [1.82, 2.24) is 9.97 Å². The summed E-state index contributed by atoms with van der Waals surface area (Å²) >= 11 is 0. The Labute approximate surface area is 127 Å². The van der Waals surface area contributed by atoms with E-state index in [-0.39, 0.29) is 11.2 Å². The van der Waals surface area contributed by atoms with Gasteiger partial charge in [0.1, 0.15) is 27.3 Å². The molecule has 0 bridgehead atoms. The summed E-state index contributed by atoms with van der Waals surface area (Å²) < 4.78 is 22.6. The Bertz CT molecular complexity index is 579. The minimum absolute atomic E-state index is 0.106. The molecule has 0 aliphatic carbocycles. The van der Waals surface area contributed by atoms with Gasteiger partial charge in [-0.05, 0) is 6.92 Å². The first-order valence-electron chi connectivity index (χ1n) is 7.05. The summed E-state index contributed by atoms with van der Waals surface area (Å²) in [5.74, 6) is 2.34. The Kier molecular flexibility index (Phi) is 5.55. The van der Waals surface area contributed by atoms with Crippen molar-refractivity contribution in [2.45, 2.75) is 33.1 Å². The molecule has 120 valence electrons. The Morgan fingerprint density at radius 3 is 2.38 bits per heavy atom. The van der Waals surface area contributed by atoms with Gasteiger partial charge in [-0.25, -0.2) is 18.4 Å². The van der Waals surface area contributed by atoms with Crippen molar-refractivity contribution in [3.8, 4) is 0 Å². The third-order valence-corrected chi connectivity index (χ3v) is 3.85. The van der Waals surface area contributed by atoms with Crippen LogP contribution < -0.4 is 10.2 Å². The van der Waals surface area contributed by atoms with Crippen LogP contribution in [-0.4, -0.2) is 50.5 Å². The summed E-state index contributed by atoms with van der Waals surface area (Å²) in [4.78, 5) is 10.9. The van der Waals surface area contributed by atoms with Crippen LogP contribution in [0.2, 0.25) is 0 Å². The highest BCUT2D eigenvalue weighted by molar-refractivity contribution is 7.90. The Balaban J connectivity index is 3.07. The predicted molar refractivity (Wildman–Crippen MR) is 87.9 cm³/mol. The maximum Gasteiger partial charge on any atom is 0.149 e. The lowest BCUT2D eigenvalue weighted by molar-refractivity contribution is 0.545. The summed E-state index contributed by atoms with van der Waals surface area (Å²) in [5.41, 5.74) is -0.169. The molecule has 0 aliphatic rings. The number of nitrogens with zero attached hydrogens (tertiary/aromatic N) is 3. The van der Waals surface area contributed by atoms with E-state index in [2.05, 4.69) is 36.1 Å². The third kappa shape index (κ3) is 5.87. The van der Waals surface area contributed by atoms with Crippen molar-refractivity contribution in [1.29, 1.82) is 0 Å². The van der Waals surface area contributed by atoms with Gasteiger partial charge in [-0.15, -0.1) is 0 Å². The molecule has 1 rings (SSSR count). The molecule has 6 nitrogen and oxygen atoms in total. The fourth-order valence-electron chi connectivity index (χ4n) is 1.65. The topological polar surface area (TPSA) is 75.2 Å². The molecule has 0 atom stereocenters. The quantitative estimate of drug-likeness (QED) is 0.861. The standard InChI is InChI=1S/C14H26N4O2S/c1-7-15-11-10-12(17-13(16-11)14(2,3)4)18(5)8-9-21(6,19)20/h10H,7-9H2,1-6H3,(H,15,16,17). The van der Waals surface area contributed by atoms with Gasteiger partial charge in [0.15, 0.2) is 0 Å². The maximum absolute atomic E-state index is 11.3. The lowest BCUT2D eigenvalue weighted by Gasteiger charge is -2.23. The highest BCUT2D eigenvalue weighted by Gasteiger charge is 2.20. The fraction of sp³-hybridized carbons (Fsp3) is 0.714. The van der Waals surface area contributed by atoms with Crippen molar-refractivity contribution in [2.24, 2.45) is 0 Å². The van der Waals surface area contributed by atoms with Crippen LogP contribution in [0.25, 0.3) is 0 Å². The molecular formula is C14H26N4O2S. The summed E-state index contributed by atoms with van der Waals surface area (Å²) in [6.07, 6.45) is 1.24. The van der Waals surface area contributed by atoms with E-state index < -0.39 is 9.84 Å². The van der Waals surface area contributed by atoms with E-state index in [1.165, 1.54) is 6.26 Å². The van der Waals surface area contributed by atoms with Gasteiger partial charge >= 0.3 is 0 Å². The van der Waals surface area contributed by atoms with Crippen LogP contribution in [0.1, 0.15) is 33.5 Å². The van der Waals surface area contributed by atoms with Crippen molar-refractivity contribution >= 4 is 21.5 Å². The zero-order valence-corrected chi connectivity index (χ0v) is 14.6. The number of aromatic nitrogens is 2. The SMILES string of the molecule is CCNc1cc(N(C)CCS(C)(=O)=O)nc(C(C)(C)C)n1. The van der Waals surface area contributed by atoms with Gasteiger partial charge in [-0.2, -0.15) is 0 Å². The average Bonchev–Trinajstić information content (AvgIpc) is 2.34. The molecule has 1 heterocycles. The molecule has 1 aromatic rings. The fourth-order valence-corrected chi connectivity index (χ4v) is 2.26. The van der Waals surface area contributed by atoms with Crippen LogP contribution >= 0.6 is 0 Å². The monoisotopic (exact) mass is 314 g/mol.